The Morgan fingerprint density at radius 3 is 3.00 bits per heavy atom. The van der Waals surface area contributed by atoms with Crippen molar-refractivity contribution in [2.75, 3.05) is 5.73 Å². The summed E-state index contributed by atoms with van der Waals surface area (Å²) in [4.78, 5) is 12.3. The van der Waals surface area contributed by atoms with Gasteiger partial charge < -0.3 is 15.6 Å². The molecule has 0 fully saturated rings. The molecule has 2 aromatic rings. The molecule has 6 nitrogen and oxygen atoms in total. The summed E-state index contributed by atoms with van der Waals surface area (Å²) < 4.78 is 2.10. The number of benzene rings is 1. The minimum Gasteiger partial charge on any atom is -0.399 e. The van der Waals surface area contributed by atoms with Gasteiger partial charge in [0.1, 0.15) is 5.82 Å². The first-order valence-electron chi connectivity index (χ1n) is 7.15. The molecule has 0 saturated carbocycles. The summed E-state index contributed by atoms with van der Waals surface area (Å²) in [6.07, 6.45) is 2.06. The molecule has 3 N–H and O–H groups in total. The Labute approximate surface area is 123 Å². The predicted molar refractivity (Wildman–Crippen MR) is 79.8 cm³/mol. The van der Waals surface area contributed by atoms with Gasteiger partial charge in [0.25, 0.3) is 5.91 Å². The van der Waals surface area contributed by atoms with E-state index in [2.05, 4.69) is 20.1 Å². The minimum atomic E-state index is -0.172. The van der Waals surface area contributed by atoms with Gasteiger partial charge in [-0.1, -0.05) is 0 Å². The van der Waals surface area contributed by atoms with Crippen LogP contribution in [0.2, 0.25) is 0 Å². The number of carbonyl (C=O) groups excluding carboxylic acids is 1. The van der Waals surface area contributed by atoms with E-state index in [9.17, 15) is 4.79 Å². The first kappa shape index (κ1) is 13.6. The number of hydrogen-bond acceptors (Lipinski definition) is 4. The highest BCUT2D eigenvalue weighted by molar-refractivity contribution is 5.95. The molecule has 0 spiro atoms. The second kappa shape index (κ2) is 5.20. The number of anilines is 1. The number of amides is 1. The highest BCUT2D eigenvalue weighted by atomic mass is 16.1. The molecule has 0 saturated heterocycles. The molecule has 21 heavy (non-hydrogen) atoms. The Morgan fingerprint density at radius 1 is 1.43 bits per heavy atom. The number of nitrogen functional groups attached to an aromatic ring is 1. The zero-order chi connectivity index (χ0) is 15.0. The van der Waals surface area contributed by atoms with Crippen molar-refractivity contribution in [3.8, 4) is 0 Å². The second-order valence-corrected chi connectivity index (χ2v) is 5.50. The lowest BCUT2D eigenvalue weighted by atomic mass is 10.1. The van der Waals surface area contributed by atoms with E-state index < -0.39 is 0 Å². The van der Waals surface area contributed by atoms with Crippen molar-refractivity contribution >= 4 is 11.6 Å². The van der Waals surface area contributed by atoms with E-state index in [1.165, 1.54) is 0 Å². The lowest BCUT2D eigenvalue weighted by molar-refractivity contribution is 0.0937. The minimum absolute atomic E-state index is 0.124. The first-order valence-corrected chi connectivity index (χ1v) is 7.15. The van der Waals surface area contributed by atoms with E-state index in [1.807, 2.05) is 13.8 Å². The van der Waals surface area contributed by atoms with Gasteiger partial charge in [0.2, 0.25) is 0 Å². The fourth-order valence-electron chi connectivity index (χ4n) is 2.65. The van der Waals surface area contributed by atoms with Crippen LogP contribution in [-0.4, -0.2) is 20.7 Å². The van der Waals surface area contributed by atoms with Gasteiger partial charge in [0, 0.05) is 24.2 Å². The summed E-state index contributed by atoms with van der Waals surface area (Å²) in [5.74, 6) is 1.71. The van der Waals surface area contributed by atoms with Crippen molar-refractivity contribution in [1.29, 1.82) is 0 Å². The molecule has 1 aliphatic rings. The summed E-state index contributed by atoms with van der Waals surface area (Å²) >= 11 is 0. The normalized spacial score (nSPS) is 14.8. The van der Waals surface area contributed by atoms with Gasteiger partial charge in [0.15, 0.2) is 5.82 Å². The quantitative estimate of drug-likeness (QED) is 0.839. The van der Waals surface area contributed by atoms with Crippen molar-refractivity contribution < 1.29 is 4.79 Å². The van der Waals surface area contributed by atoms with Gasteiger partial charge in [0.05, 0.1) is 6.04 Å². The number of aryl methyl sites for hydroxylation is 2. The Balaban J connectivity index is 1.76. The largest absolute Gasteiger partial charge is 0.399 e. The molecule has 1 unspecified atom stereocenters. The second-order valence-electron chi connectivity index (χ2n) is 5.50. The Hall–Kier alpha value is -2.37. The number of nitrogens with zero attached hydrogens (tertiary/aromatic N) is 3. The van der Waals surface area contributed by atoms with E-state index in [-0.39, 0.29) is 11.9 Å². The number of carbonyl (C=O) groups is 1. The number of nitrogens with one attached hydrogen (secondary N) is 1. The molecule has 6 heteroatoms. The zero-order valence-electron chi connectivity index (χ0n) is 12.3. The molecule has 0 radical (unpaired) electrons. The highest BCUT2D eigenvalue weighted by Gasteiger charge is 2.22. The molecule has 110 valence electrons. The van der Waals surface area contributed by atoms with Crippen LogP contribution in [0.25, 0.3) is 0 Å². The number of rotatable bonds is 3. The topological polar surface area (TPSA) is 85.8 Å². The van der Waals surface area contributed by atoms with E-state index in [0.29, 0.717) is 11.3 Å². The fraction of sp³-hybridized carbons (Fsp3) is 0.400. The Morgan fingerprint density at radius 2 is 2.24 bits per heavy atom. The van der Waals surface area contributed by atoms with Crippen LogP contribution in [0.3, 0.4) is 0 Å². The first-order chi connectivity index (χ1) is 10.1. The van der Waals surface area contributed by atoms with Gasteiger partial charge in [-0.25, -0.2) is 0 Å². The number of hydrogen-bond donors (Lipinski definition) is 2. The van der Waals surface area contributed by atoms with E-state index in [0.717, 1.165) is 36.6 Å². The summed E-state index contributed by atoms with van der Waals surface area (Å²) in [5.41, 5.74) is 7.97. The maximum absolute atomic E-state index is 12.3. The van der Waals surface area contributed by atoms with Crippen molar-refractivity contribution in [3.63, 3.8) is 0 Å². The molecule has 2 heterocycles. The maximum atomic E-state index is 12.3. The monoisotopic (exact) mass is 285 g/mol. The van der Waals surface area contributed by atoms with Crippen LogP contribution in [0, 0.1) is 6.92 Å². The standard InChI is InChI=1S/C15H19N5O/c1-9-8-11(5-6-12(9)16)15(21)17-10(2)14-19-18-13-4-3-7-20(13)14/h5-6,8,10H,3-4,7,16H2,1-2H3,(H,17,21). The molecular formula is C15H19N5O. The third-order valence-corrected chi connectivity index (χ3v) is 3.90. The number of fused-ring (bicyclic) bond motifs is 1. The van der Waals surface area contributed by atoms with E-state index in [1.54, 1.807) is 18.2 Å². The zero-order valence-corrected chi connectivity index (χ0v) is 12.3. The summed E-state index contributed by atoms with van der Waals surface area (Å²) in [7, 11) is 0. The van der Waals surface area contributed by atoms with E-state index >= 15 is 0 Å². The average Bonchev–Trinajstić information content (AvgIpc) is 3.04. The predicted octanol–water partition coefficient (Wildman–Crippen LogP) is 1.61. The molecule has 3 rings (SSSR count). The molecule has 1 aromatic heterocycles. The Kier molecular flexibility index (Phi) is 3.37. The SMILES string of the molecule is Cc1cc(C(=O)NC(C)c2nnc3n2CCC3)ccc1N. The van der Waals surface area contributed by atoms with Crippen LogP contribution in [0.4, 0.5) is 5.69 Å². The van der Waals surface area contributed by atoms with Crippen LogP contribution >= 0.6 is 0 Å². The third-order valence-electron chi connectivity index (χ3n) is 3.90. The van der Waals surface area contributed by atoms with Crippen LogP contribution in [0.5, 0.6) is 0 Å². The lowest BCUT2D eigenvalue weighted by Crippen LogP contribution is -2.28. The fourth-order valence-corrected chi connectivity index (χ4v) is 2.65. The summed E-state index contributed by atoms with van der Waals surface area (Å²) in [6, 6.07) is 5.11. The van der Waals surface area contributed by atoms with Crippen molar-refractivity contribution in [2.24, 2.45) is 0 Å². The molecule has 1 amide bonds. The number of nitrogens with two attached hydrogens (primary N) is 1. The summed E-state index contributed by atoms with van der Waals surface area (Å²) in [6.45, 7) is 4.75. The Bertz CT molecular complexity index is 691. The van der Waals surface area contributed by atoms with Gasteiger partial charge >= 0.3 is 0 Å². The van der Waals surface area contributed by atoms with Gasteiger partial charge in [-0.05, 0) is 44.0 Å². The van der Waals surface area contributed by atoms with Crippen molar-refractivity contribution in [2.45, 2.75) is 39.3 Å². The van der Waals surface area contributed by atoms with Crippen molar-refractivity contribution in [1.82, 2.24) is 20.1 Å². The third kappa shape index (κ3) is 2.49. The van der Waals surface area contributed by atoms with Crippen LogP contribution in [-0.2, 0) is 13.0 Å². The van der Waals surface area contributed by atoms with Crippen LogP contribution in [0.1, 0.15) is 47.0 Å². The number of aromatic nitrogens is 3. The molecule has 1 atom stereocenters. The molecular weight excluding hydrogens is 266 g/mol. The smallest absolute Gasteiger partial charge is 0.251 e. The van der Waals surface area contributed by atoms with Crippen molar-refractivity contribution in [3.05, 3.63) is 41.0 Å². The molecule has 1 aromatic carbocycles. The lowest BCUT2D eigenvalue weighted by Gasteiger charge is -2.14. The molecule has 1 aliphatic heterocycles. The van der Waals surface area contributed by atoms with Crippen LogP contribution in [0.15, 0.2) is 18.2 Å². The van der Waals surface area contributed by atoms with Gasteiger partial charge in [-0.15, -0.1) is 10.2 Å². The maximum Gasteiger partial charge on any atom is 0.251 e. The van der Waals surface area contributed by atoms with Gasteiger partial charge in [-0.3, -0.25) is 4.79 Å². The summed E-state index contributed by atoms with van der Waals surface area (Å²) in [5, 5.41) is 11.3. The van der Waals surface area contributed by atoms with E-state index in [4.69, 9.17) is 5.73 Å². The highest BCUT2D eigenvalue weighted by Crippen LogP contribution is 2.19. The van der Waals surface area contributed by atoms with Gasteiger partial charge in [-0.2, -0.15) is 0 Å². The van der Waals surface area contributed by atoms with Crippen LogP contribution < -0.4 is 11.1 Å². The average molecular weight is 285 g/mol. The molecule has 0 bridgehead atoms. The molecule has 0 aliphatic carbocycles.